The molecule has 216 valence electrons. The smallest absolute Gasteiger partial charge is 0.414 e. The number of ether oxygens (including phenoxy) is 2. The number of benzene rings is 1. The average Bonchev–Trinajstić information content (AvgIpc) is 3.34. The number of carboxylic acids is 1. The Kier molecular flexibility index (Phi) is 9.22. The van der Waals surface area contributed by atoms with E-state index in [1.807, 2.05) is 0 Å². The van der Waals surface area contributed by atoms with Crippen molar-refractivity contribution in [3.05, 3.63) is 42.3 Å². The van der Waals surface area contributed by atoms with Crippen molar-refractivity contribution in [1.82, 2.24) is 9.99 Å². The van der Waals surface area contributed by atoms with E-state index >= 15 is 4.39 Å². The van der Waals surface area contributed by atoms with Crippen molar-refractivity contribution < 1.29 is 42.9 Å². The van der Waals surface area contributed by atoms with Crippen LogP contribution in [0.15, 0.2) is 41.6 Å². The summed E-state index contributed by atoms with van der Waals surface area (Å²) in [7, 11) is 0. The van der Waals surface area contributed by atoms with Crippen molar-refractivity contribution in [2.24, 2.45) is 5.10 Å². The fourth-order valence-electron chi connectivity index (χ4n) is 4.17. The van der Waals surface area contributed by atoms with Gasteiger partial charge in [0.1, 0.15) is 29.9 Å². The number of nitrogens with zero attached hydrogens (tertiary/aromatic N) is 5. The number of hydrogen-bond acceptors (Lipinski definition) is 10. The molecule has 41 heavy (non-hydrogen) atoms. The maximum atomic E-state index is 15.1. The monoisotopic (exact) mass is 569 g/mol. The molecule has 3 heterocycles. The number of amides is 2. The van der Waals surface area contributed by atoms with E-state index in [9.17, 15) is 24.0 Å². The fraction of sp³-hybridized carbons (Fsp3) is 0.370. The molecule has 0 unspecified atom stereocenters. The minimum atomic E-state index is -1.14. The van der Waals surface area contributed by atoms with Crippen LogP contribution >= 0.6 is 0 Å². The molecule has 4 rings (SSSR count). The highest BCUT2D eigenvalue weighted by molar-refractivity contribution is 5.90. The van der Waals surface area contributed by atoms with Gasteiger partial charge in [0.25, 0.3) is 5.91 Å². The first kappa shape index (κ1) is 29.1. The van der Waals surface area contributed by atoms with E-state index in [0.717, 1.165) is 5.01 Å². The first-order valence-electron chi connectivity index (χ1n) is 12.8. The number of aliphatic carboxylic acids is 1. The van der Waals surface area contributed by atoms with Crippen molar-refractivity contribution in [3.8, 4) is 11.1 Å². The molecule has 1 atom stereocenters. The van der Waals surface area contributed by atoms with Crippen molar-refractivity contribution in [3.63, 3.8) is 0 Å². The Balaban J connectivity index is 1.33. The molecular formula is C27H28FN5O8. The number of aromatic nitrogens is 1. The number of pyridine rings is 1. The van der Waals surface area contributed by atoms with Crippen LogP contribution in [-0.2, 0) is 28.7 Å². The van der Waals surface area contributed by atoms with Crippen LogP contribution in [-0.4, -0.2) is 83.5 Å². The Labute approximate surface area is 234 Å². The SMILES string of the molecule is CC(=O)CC[C@H]1CN(c2ccc(-c3ccc(N4C=NN(C(=O)COC(=O)CCC(=O)O)CC4)nc3)c(F)c2)C(=O)O1. The van der Waals surface area contributed by atoms with Gasteiger partial charge in [0.15, 0.2) is 6.61 Å². The van der Waals surface area contributed by atoms with Crippen LogP contribution in [0.4, 0.5) is 20.7 Å². The summed E-state index contributed by atoms with van der Waals surface area (Å²) in [6.45, 7) is 1.69. The first-order chi connectivity index (χ1) is 19.6. The van der Waals surface area contributed by atoms with Gasteiger partial charge >= 0.3 is 18.0 Å². The molecule has 14 heteroatoms. The Morgan fingerprint density at radius 3 is 2.56 bits per heavy atom. The molecule has 0 radical (unpaired) electrons. The van der Waals surface area contributed by atoms with Gasteiger partial charge in [-0.1, -0.05) is 0 Å². The van der Waals surface area contributed by atoms with E-state index in [1.54, 1.807) is 29.2 Å². The largest absolute Gasteiger partial charge is 0.481 e. The second-order valence-corrected chi connectivity index (χ2v) is 9.42. The van der Waals surface area contributed by atoms with Crippen LogP contribution in [0.2, 0.25) is 0 Å². The minimum absolute atomic E-state index is 0.00584. The number of cyclic esters (lactones) is 1. The summed E-state index contributed by atoms with van der Waals surface area (Å²) in [6.07, 6.45) is 1.88. The van der Waals surface area contributed by atoms with Gasteiger partial charge in [-0.3, -0.25) is 19.3 Å². The van der Waals surface area contributed by atoms with Gasteiger partial charge in [-0.15, -0.1) is 0 Å². The molecular weight excluding hydrogens is 541 g/mol. The van der Waals surface area contributed by atoms with Crippen LogP contribution in [0.3, 0.4) is 0 Å². The Morgan fingerprint density at radius 2 is 1.93 bits per heavy atom. The Morgan fingerprint density at radius 1 is 1.12 bits per heavy atom. The van der Waals surface area contributed by atoms with Crippen molar-refractivity contribution in [1.29, 1.82) is 0 Å². The number of esters is 1. The average molecular weight is 570 g/mol. The summed E-state index contributed by atoms with van der Waals surface area (Å²) >= 11 is 0. The highest BCUT2D eigenvalue weighted by Crippen LogP contribution is 2.30. The standard InChI is InChI=1S/C27H28FN5O8/c1-17(34)2-5-20-14-32(27(39)41-20)19-4-6-21(22(28)12-19)18-3-7-23(29-13-18)31-10-11-33(30-16-31)24(35)15-40-26(38)9-8-25(36)37/h3-4,6-7,12-13,16,20H,2,5,8-11,14-15H2,1H3,(H,36,37)/t20-/m0/s1. The second kappa shape index (κ2) is 13.0. The van der Waals surface area contributed by atoms with Crippen molar-refractivity contribution in [2.75, 3.05) is 36.0 Å². The summed E-state index contributed by atoms with van der Waals surface area (Å²) in [6, 6.07) is 7.79. The summed E-state index contributed by atoms with van der Waals surface area (Å²) < 4.78 is 25.1. The lowest BCUT2D eigenvalue weighted by Gasteiger charge is -2.27. The van der Waals surface area contributed by atoms with E-state index in [2.05, 4.69) is 10.1 Å². The summed E-state index contributed by atoms with van der Waals surface area (Å²) in [4.78, 5) is 65.1. The van der Waals surface area contributed by atoms with Gasteiger partial charge in [0.05, 0.1) is 31.6 Å². The molecule has 1 aromatic heterocycles. The molecule has 2 aliphatic rings. The number of rotatable bonds is 11. The van der Waals surface area contributed by atoms with Crippen molar-refractivity contribution >= 4 is 47.6 Å². The molecule has 0 bridgehead atoms. The lowest BCUT2D eigenvalue weighted by molar-refractivity contribution is -0.153. The lowest BCUT2D eigenvalue weighted by Crippen LogP contribution is -2.42. The number of halogens is 1. The van der Waals surface area contributed by atoms with Gasteiger partial charge in [-0.2, -0.15) is 5.10 Å². The van der Waals surface area contributed by atoms with E-state index < -0.39 is 42.5 Å². The molecule has 1 N–H and O–H groups in total. The molecule has 0 aliphatic carbocycles. The zero-order valence-electron chi connectivity index (χ0n) is 22.2. The van der Waals surface area contributed by atoms with Gasteiger partial charge in [0.2, 0.25) is 0 Å². The summed E-state index contributed by atoms with van der Waals surface area (Å²) in [5.41, 5.74) is 1.15. The van der Waals surface area contributed by atoms with Gasteiger partial charge in [-0.25, -0.2) is 19.2 Å². The van der Waals surface area contributed by atoms with E-state index in [1.165, 1.54) is 30.4 Å². The molecule has 1 aromatic carbocycles. The predicted octanol–water partition coefficient (Wildman–Crippen LogP) is 2.58. The normalized spacial score (nSPS) is 16.5. The maximum absolute atomic E-state index is 15.1. The molecule has 1 fully saturated rings. The molecule has 0 spiro atoms. The maximum Gasteiger partial charge on any atom is 0.414 e. The molecule has 0 saturated carbocycles. The van der Waals surface area contributed by atoms with Gasteiger partial charge in [0, 0.05) is 30.3 Å². The topological polar surface area (TPSA) is 159 Å². The van der Waals surface area contributed by atoms with Crippen LogP contribution in [0.1, 0.15) is 32.6 Å². The zero-order chi connectivity index (χ0) is 29.5. The van der Waals surface area contributed by atoms with E-state index in [4.69, 9.17) is 14.6 Å². The molecule has 2 aromatic rings. The van der Waals surface area contributed by atoms with Gasteiger partial charge in [-0.05, 0) is 43.7 Å². The number of carbonyl (C=O) groups is 5. The zero-order valence-corrected chi connectivity index (χ0v) is 22.2. The molecule has 2 amide bonds. The molecule has 1 saturated heterocycles. The number of hydrazone groups is 1. The highest BCUT2D eigenvalue weighted by atomic mass is 19.1. The number of carbonyl (C=O) groups excluding carboxylic acids is 4. The van der Waals surface area contributed by atoms with E-state index in [0.29, 0.717) is 36.5 Å². The van der Waals surface area contributed by atoms with Crippen LogP contribution < -0.4 is 9.80 Å². The quantitative estimate of drug-likeness (QED) is 0.399. The Bertz CT molecular complexity index is 1370. The predicted molar refractivity (Wildman–Crippen MR) is 143 cm³/mol. The lowest BCUT2D eigenvalue weighted by atomic mass is 10.1. The second-order valence-electron chi connectivity index (χ2n) is 9.42. The fourth-order valence-corrected chi connectivity index (χ4v) is 4.17. The highest BCUT2D eigenvalue weighted by Gasteiger charge is 2.32. The first-order valence-corrected chi connectivity index (χ1v) is 12.8. The number of anilines is 2. The third kappa shape index (κ3) is 7.62. The number of carboxylic acid groups (broad SMARTS) is 1. The minimum Gasteiger partial charge on any atom is -0.481 e. The number of hydrogen-bond donors (Lipinski definition) is 1. The third-order valence-electron chi connectivity index (χ3n) is 6.38. The molecule has 2 aliphatic heterocycles. The number of ketones is 1. The van der Waals surface area contributed by atoms with Crippen molar-refractivity contribution in [2.45, 2.75) is 38.7 Å². The summed E-state index contributed by atoms with van der Waals surface area (Å²) in [5, 5.41) is 13.8. The molecule has 13 nitrogen and oxygen atoms in total. The van der Waals surface area contributed by atoms with Crippen LogP contribution in [0.25, 0.3) is 11.1 Å². The van der Waals surface area contributed by atoms with Crippen LogP contribution in [0.5, 0.6) is 0 Å². The van der Waals surface area contributed by atoms with E-state index in [-0.39, 0.29) is 37.3 Å². The van der Waals surface area contributed by atoms with Crippen LogP contribution in [0, 0.1) is 5.82 Å². The Hall–Kier alpha value is -4.88. The summed E-state index contributed by atoms with van der Waals surface area (Å²) in [5.74, 6) is -2.51. The third-order valence-corrected chi connectivity index (χ3v) is 6.38. The number of Topliss-reactive ketones (excluding diaryl/α,β-unsaturated/α-hetero) is 1. The van der Waals surface area contributed by atoms with Gasteiger partial charge < -0.3 is 24.3 Å².